The molecule has 0 bridgehead atoms. The van der Waals surface area contributed by atoms with E-state index >= 15 is 0 Å². The Morgan fingerprint density at radius 3 is 2.26 bits per heavy atom. The normalized spacial score (nSPS) is 14.0. The topological polar surface area (TPSA) is 79.0 Å². The van der Waals surface area contributed by atoms with E-state index < -0.39 is 22.5 Å². The summed E-state index contributed by atoms with van der Waals surface area (Å²) < 4.78 is 33.2. The van der Waals surface area contributed by atoms with Gasteiger partial charge in [-0.3, -0.25) is 9.10 Å². The quantitative estimate of drug-likeness (QED) is 0.490. The average Bonchev–Trinajstić information content (AvgIpc) is 2.84. The Kier molecular flexibility index (Phi) is 7.63. The summed E-state index contributed by atoms with van der Waals surface area (Å²) in [4.78, 5) is 15.1. The number of sulfonamides is 1. The first-order chi connectivity index (χ1) is 16.3. The Morgan fingerprint density at radius 1 is 0.941 bits per heavy atom. The van der Waals surface area contributed by atoms with Crippen molar-refractivity contribution in [2.75, 3.05) is 47.4 Å². The number of ether oxygens (including phenoxy) is 1. The zero-order valence-electron chi connectivity index (χ0n) is 18.2. The summed E-state index contributed by atoms with van der Waals surface area (Å²) in [7, 11) is -4.06. The Labute approximate surface area is 208 Å². The average molecular weight is 520 g/mol. The molecule has 1 amide bonds. The number of amides is 1. The Hall–Kier alpha value is -2.78. The van der Waals surface area contributed by atoms with E-state index in [4.69, 9.17) is 27.9 Å². The van der Waals surface area contributed by atoms with Gasteiger partial charge in [-0.1, -0.05) is 29.3 Å². The lowest BCUT2D eigenvalue weighted by Gasteiger charge is -2.29. The second-order valence-corrected chi connectivity index (χ2v) is 10.4. The number of halogens is 2. The molecule has 1 N–H and O–H groups in total. The van der Waals surface area contributed by atoms with Crippen LogP contribution in [0.1, 0.15) is 0 Å². The fraction of sp³-hybridized carbons (Fsp3) is 0.208. The van der Waals surface area contributed by atoms with Crippen LogP contribution < -0.4 is 14.5 Å². The first-order valence-corrected chi connectivity index (χ1v) is 12.8. The molecule has 34 heavy (non-hydrogen) atoms. The van der Waals surface area contributed by atoms with Crippen molar-refractivity contribution in [3.8, 4) is 0 Å². The van der Waals surface area contributed by atoms with Crippen molar-refractivity contribution in [3.63, 3.8) is 0 Å². The fourth-order valence-corrected chi connectivity index (χ4v) is 5.31. The molecule has 1 heterocycles. The molecule has 3 aromatic rings. The predicted octanol–water partition coefficient (Wildman–Crippen LogP) is 4.66. The molecule has 1 aliphatic heterocycles. The lowest BCUT2D eigenvalue weighted by Crippen LogP contribution is -2.38. The summed E-state index contributed by atoms with van der Waals surface area (Å²) >= 11 is 12.0. The van der Waals surface area contributed by atoms with E-state index in [2.05, 4.69) is 10.2 Å². The number of anilines is 3. The van der Waals surface area contributed by atoms with Gasteiger partial charge in [0.15, 0.2) is 0 Å². The molecule has 1 aliphatic rings. The first-order valence-electron chi connectivity index (χ1n) is 10.6. The monoisotopic (exact) mass is 519 g/mol. The first kappa shape index (κ1) is 24.3. The molecule has 1 saturated heterocycles. The zero-order valence-corrected chi connectivity index (χ0v) is 20.5. The second-order valence-electron chi connectivity index (χ2n) is 7.64. The number of hydrogen-bond donors (Lipinski definition) is 1. The highest BCUT2D eigenvalue weighted by molar-refractivity contribution is 7.92. The molecule has 0 aliphatic carbocycles. The molecular weight excluding hydrogens is 497 g/mol. The molecule has 0 atom stereocenters. The molecule has 1 fully saturated rings. The van der Waals surface area contributed by atoms with Crippen LogP contribution in [0.4, 0.5) is 17.1 Å². The Morgan fingerprint density at radius 2 is 1.62 bits per heavy atom. The molecule has 3 aromatic carbocycles. The molecule has 7 nitrogen and oxygen atoms in total. The van der Waals surface area contributed by atoms with Crippen LogP contribution in [-0.4, -0.2) is 47.2 Å². The summed E-state index contributed by atoms with van der Waals surface area (Å²) in [6.45, 7) is 2.54. The van der Waals surface area contributed by atoms with Gasteiger partial charge in [-0.25, -0.2) is 8.42 Å². The minimum Gasteiger partial charge on any atom is -0.378 e. The molecule has 0 unspecified atom stereocenters. The number of nitrogens with one attached hydrogen (secondary N) is 1. The minimum absolute atomic E-state index is 0.0135. The molecule has 0 spiro atoms. The SMILES string of the molecule is O=C(CN(c1cccc(Cl)c1)S(=O)(=O)c1ccc(Cl)cc1)Nc1ccc(N2CCOCC2)cc1. The number of carbonyl (C=O) groups is 1. The van der Waals surface area contributed by atoms with Crippen LogP contribution in [0.3, 0.4) is 0 Å². The van der Waals surface area contributed by atoms with E-state index in [1.54, 1.807) is 30.3 Å². The van der Waals surface area contributed by atoms with Crippen LogP contribution in [-0.2, 0) is 19.6 Å². The third-order valence-electron chi connectivity index (χ3n) is 5.31. The van der Waals surface area contributed by atoms with Crippen LogP contribution in [0.2, 0.25) is 10.0 Å². The number of benzene rings is 3. The zero-order chi connectivity index (χ0) is 24.1. The number of hydrogen-bond acceptors (Lipinski definition) is 5. The van der Waals surface area contributed by atoms with Crippen molar-refractivity contribution < 1.29 is 17.9 Å². The van der Waals surface area contributed by atoms with Gasteiger partial charge in [0, 0.05) is 34.5 Å². The molecule has 178 valence electrons. The molecule has 10 heteroatoms. The van der Waals surface area contributed by atoms with Gasteiger partial charge in [0.1, 0.15) is 6.54 Å². The van der Waals surface area contributed by atoms with Gasteiger partial charge < -0.3 is 15.0 Å². The second kappa shape index (κ2) is 10.7. The maximum atomic E-state index is 13.4. The van der Waals surface area contributed by atoms with E-state index in [9.17, 15) is 13.2 Å². The summed E-state index contributed by atoms with van der Waals surface area (Å²) in [5.41, 5.74) is 1.88. The van der Waals surface area contributed by atoms with E-state index in [0.717, 1.165) is 23.1 Å². The van der Waals surface area contributed by atoms with Crippen LogP contribution in [0, 0.1) is 0 Å². The number of nitrogens with zero attached hydrogens (tertiary/aromatic N) is 2. The van der Waals surface area contributed by atoms with Crippen LogP contribution in [0.5, 0.6) is 0 Å². The third-order valence-corrected chi connectivity index (χ3v) is 7.59. The maximum absolute atomic E-state index is 13.4. The number of morpholine rings is 1. The standard InChI is InChI=1S/C24H23Cl2N3O4S/c25-18-4-10-23(11-5-18)34(31,32)29(22-3-1-2-19(26)16-22)17-24(30)27-20-6-8-21(9-7-20)28-12-14-33-15-13-28/h1-11,16H,12-15,17H2,(H,27,30). The highest BCUT2D eigenvalue weighted by Gasteiger charge is 2.27. The van der Waals surface area contributed by atoms with Gasteiger partial charge >= 0.3 is 0 Å². The Bertz CT molecular complexity index is 1250. The summed E-state index contributed by atoms with van der Waals surface area (Å²) in [5, 5.41) is 3.54. The molecule has 0 radical (unpaired) electrons. The van der Waals surface area contributed by atoms with Crippen molar-refractivity contribution in [1.82, 2.24) is 0 Å². The van der Waals surface area contributed by atoms with Gasteiger partial charge in [-0.15, -0.1) is 0 Å². The minimum atomic E-state index is -4.06. The lowest BCUT2D eigenvalue weighted by molar-refractivity contribution is -0.114. The van der Waals surface area contributed by atoms with Gasteiger partial charge in [0.2, 0.25) is 5.91 Å². The van der Waals surface area contributed by atoms with Gasteiger partial charge in [-0.05, 0) is 66.7 Å². The molecule has 4 rings (SSSR count). The van der Waals surface area contributed by atoms with Crippen molar-refractivity contribution in [3.05, 3.63) is 82.8 Å². The number of rotatable bonds is 7. The summed E-state index contributed by atoms with van der Waals surface area (Å²) in [5.74, 6) is -0.489. The van der Waals surface area contributed by atoms with Crippen LogP contribution in [0.25, 0.3) is 0 Å². The van der Waals surface area contributed by atoms with Crippen LogP contribution >= 0.6 is 23.2 Å². The number of carbonyl (C=O) groups excluding carboxylic acids is 1. The summed E-state index contributed by atoms with van der Waals surface area (Å²) in [6, 6.07) is 19.5. The van der Waals surface area contributed by atoms with Crippen molar-refractivity contribution in [2.45, 2.75) is 4.90 Å². The lowest BCUT2D eigenvalue weighted by atomic mass is 10.2. The van der Waals surface area contributed by atoms with Crippen molar-refractivity contribution in [2.24, 2.45) is 0 Å². The highest BCUT2D eigenvalue weighted by atomic mass is 35.5. The van der Waals surface area contributed by atoms with Gasteiger partial charge in [0.25, 0.3) is 10.0 Å². The van der Waals surface area contributed by atoms with E-state index in [0.29, 0.717) is 28.9 Å². The summed E-state index contributed by atoms with van der Waals surface area (Å²) in [6.07, 6.45) is 0. The predicted molar refractivity (Wildman–Crippen MR) is 136 cm³/mol. The largest absolute Gasteiger partial charge is 0.378 e. The van der Waals surface area contributed by atoms with Crippen molar-refractivity contribution in [1.29, 1.82) is 0 Å². The van der Waals surface area contributed by atoms with Crippen molar-refractivity contribution >= 4 is 56.2 Å². The Balaban J connectivity index is 1.54. The fourth-order valence-electron chi connectivity index (χ4n) is 3.59. The van der Waals surface area contributed by atoms with E-state index in [-0.39, 0.29) is 10.6 Å². The van der Waals surface area contributed by atoms with Crippen LogP contribution in [0.15, 0.2) is 77.7 Å². The molecule has 0 saturated carbocycles. The maximum Gasteiger partial charge on any atom is 0.264 e. The van der Waals surface area contributed by atoms with Gasteiger partial charge in [-0.2, -0.15) is 0 Å². The third kappa shape index (κ3) is 5.82. The highest BCUT2D eigenvalue weighted by Crippen LogP contribution is 2.27. The smallest absolute Gasteiger partial charge is 0.264 e. The molecule has 0 aromatic heterocycles. The van der Waals surface area contributed by atoms with E-state index in [1.807, 2.05) is 12.1 Å². The van der Waals surface area contributed by atoms with Gasteiger partial charge in [0.05, 0.1) is 23.8 Å². The molecular formula is C24H23Cl2N3O4S. The van der Waals surface area contributed by atoms with E-state index in [1.165, 1.54) is 30.3 Å².